The molecule has 0 fully saturated rings. The smallest absolute Gasteiger partial charge is 0.317 e. The number of benzene rings is 2. The van der Waals surface area contributed by atoms with E-state index in [0.29, 0.717) is 6.42 Å². The van der Waals surface area contributed by atoms with E-state index in [0.717, 1.165) is 16.2 Å². The Morgan fingerprint density at radius 2 is 1.80 bits per heavy atom. The molecule has 0 aliphatic rings. The van der Waals surface area contributed by atoms with Crippen LogP contribution in [0.15, 0.2) is 59.5 Å². The van der Waals surface area contributed by atoms with Gasteiger partial charge in [-0.25, -0.2) is 0 Å². The van der Waals surface area contributed by atoms with Crippen LogP contribution in [-0.2, 0) is 11.2 Å². The van der Waals surface area contributed by atoms with E-state index in [1.165, 1.54) is 11.8 Å². The first-order chi connectivity index (χ1) is 9.70. The molecule has 0 saturated carbocycles. The van der Waals surface area contributed by atoms with E-state index < -0.39 is 11.2 Å². The molecule has 2 rings (SSSR count). The molecule has 1 N–H and O–H groups in total. The van der Waals surface area contributed by atoms with Crippen LogP contribution in [0.2, 0.25) is 0 Å². The van der Waals surface area contributed by atoms with Crippen molar-refractivity contribution in [3.8, 4) is 5.75 Å². The van der Waals surface area contributed by atoms with Crippen LogP contribution in [0.5, 0.6) is 5.75 Å². The molecule has 4 heteroatoms. The van der Waals surface area contributed by atoms with E-state index in [9.17, 15) is 9.90 Å². The molecule has 0 spiro atoms. The lowest BCUT2D eigenvalue weighted by Crippen LogP contribution is -2.19. The normalized spacial score (nSPS) is 11.8. The third-order valence-electron chi connectivity index (χ3n) is 2.89. The van der Waals surface area contributed by atoms with E-state index >= 15 is 0 Å². The maximum absolute atomic E-state index is 11.4. The highest BCUT2D eigenvalue weighted by Gasteiger charge is 2.21. The SMILES string of the molecule is COc1ccccc1CC(Sc1ccccc1)C(=O)O. The zero-order valence-corrected chi connectivity index (χ0v) is 12.0. The molecule has 0 radical (unpaired) electrons. The van der Waals surface area contributed by atoms with Gasteiger partial charge in [-0.05, 0) is 30.2 Å². The summed E-state index contributed by atoms with van der Waals surface area (Å²) in [5, 5.41) is 8.86. The lowest BCUT2D eigenvalue weighted by Gasteiger charge is -2.14. The lowest BCUT2D eigenvalue weighted by molar-refractivity contribution is -0.136. The number of aliphatic carboxylic acids is 1. The highest BCUT2D eigenvalue weighted by Crippen LogP contribution is 2.28. The fraction of sp³-hybridized carbons (Fsp3) is 0.188. The van der Waals surface area contributed by atoms with Gasteiger partial charge < -0.3 is 9.84 Å². The molecule has 2 aromatic rings. The van der Waals surface area contributed by atoms with Gasteiger partial charge in [0.2, 0.25) is 0 Å². The molecule has 0 aliphatic heterocycles. The van der Waals surface area contributed by atoms with Crippen molar-refractivity contribution in [2.45, 2.75) is 16.6 Å². The molecule has 0 bridgehead atoms. The van der Waals surface area contributed by atoms with Crippen molar-refractivity contribution in [1.29, 1.82) is 0 Å². The Balaban J connectivity index is 2.16. The average Bonchev–Trinajstić information content (AvgIpc) is 2.48. The summed E-state index contributed by atoms with van der Waals surface area (Å²) in [6, 6.07) is 17.1. The van der Waals surface area contributed by atoms with Crippen LogP contribution in [0, 0.1) is 0 Å². The van der Waals surface area contributed by atoms with Crippen LogP contribution < -0.4 is 4.74 Å². The predicted octanol–water partition coefficient (Wildman–Crippen LogP) is 3.48. The Bertz CT molecular complexity index is 569. The van der Waals surface area contributed by atoms with Gasteiger partial charge in [0.05, 0.1) is 7.11 Å². The van der Waals surface area contributed by atoms with Gasteiger partial charge in [-0.15, -0.1) is 11.8 Å². The summed E-state index contributed by atoms with van der Waals surface area (Å²) < 4.78 is 5.27. The van der Waals surface area contributed by atoms with Crippen LogP contribution in [0.1, 0.15) is 5.56 Å². The monoisotopic (exact) mass is 288 g/mol. The van der Waals surface area contributed by atoms with Crippen molar-refractivity contribution in [3.63, 3.8) is 0 Å². The molecular formula is C16H16O3S. The zero-order valence-electron chi connectivity index (χ0n) is 11.2. The highest BCUT2D eigenvalue weighted by atomic mass is 32.2. The van der Waals surface area contributed by atoms with Crippen molar-refractivity contribution < 1.29 is 14.6 Å². The van der Waals surface area contributed by atoms with Crippen molar-refractivity contribution in [2.24, 2.45) is 0 Å². The van der Waals surface area contributed by atoms with Crippen LogP contribution in [0.3, 0.4) is 0 Å². The number of thioether (sulfide) groups is 1. The topological polar surface area (TPSA) is 46.5 Å². The number of carboxylic acids is 1. The van der Waals surface area contributed by atoms with Crippen molar-refractivity contribution in [1.82, 2.24) is 0 Å². The molecule has 20 heavy (non-hydrogen) atoms. The third-order valence-corrected chi connectivity index (χ3v) is 4.09. The van der Waals surface area contributed by atoms with Crippen molar-refractivity contribution in [3.05, 3.63) is 60.2 Å². The Kier molecular flexibility index (Phi) is 5.07. The molecular weight excluding hydrogens is 272 g/mol. The minimum atomic E-state index is -0.815. The molecule has 2 aromatic carbocycles. The van der Waals surface area contributed by atoms with Gasteiger partial charge in [-0.3, -0.25) is 4.79 Å². The van der Waals surface area contributed by atoms with Crippen molar-refractivity contribution in [2.75, 3.05) is 7.11 Å². The van der Waals surface area contributed by atoms with Gasteiger partial charge in [-0.2, -0.15) is 0 Å². The first-order valence-electron chi connectivity index (χ1n) is 6.27. The minimum Gasteiger partial charge on any atom is -0.496 e. The number of hydrogen-bond acceptors (Lipinski definition) is 3. The highest BCUT2D eigenvalue weighted by molar-refractivity contribution is 8.00. The van der Waals surface area contributed by atoms with Crippen LogP contribution in [0.25, 0.3) is 0 Å². The summed E-state index contributed by atoms with van der Waals surface area (Å²) >= 11 is 1.36. The Labute approximate surface area is 122 Å². The number of ether oxygens (including phenoxy) is 1. The molecule has 0 heterocycles. The zero-order chi connectivity index (χ0) is 14.4. The maximum atomic E-state index is 11.4. The fourth-order valence-corrected chi connectivity index (χ4v) is 2.92. The fourth-order valence-electron chi connectivity index (χ4n) is 1.91. The first kappa shape index (κ1) is 14.5. The molecule has 0 amide bonds. The van der Waals surface area contributed by atoms with E-state index in [-0.39, 0.29) is 0 Å². The maximum Gasteiger partial charge on any atom is 0.317 e. The number of hydrogen-bond donors (Lipinski definition) is 1. The van der Waals surface area contributed by atoms with Gasteiger partial charge in [0.25, 0.3) is 0 Å². The van der Waals surface area contributed by atoms with E-state index in [1.807, 2.05) is 54.6 Å². The molecule has 3 nitrogen and oxygen atoms in total. The van der Waals surface area contributed by atoms with Gasteiger partial charge in [0.15, 0.2) is 0 Å². The number of methoxy groups -OCH3 is 1. The molecule has 104 valence electrons. The van der Waals surface area contributed by atoms with Gasteiger partial charge >= 0.3 is 5.97 Å². The first-order valence-corrected chi connectivity index (χ1v) is 7.15. The summed E-state index contributed by atoms with van der Waals surface area (Å²) in [7, 11) is 1.60. The lowest BCUT2D eigenvalue weighted by atomic mass is 10.1. The molecule has 0 aliphatic carbocycles. The Morgan fingerprint density at radius 1 is 1.15 bits per heavy atom. The van der Waals surface area contributed by atoms with Crippen LogP contribution in [0.4, 0.5) is 0 Å². The molecule has 0 saturated heterocycles. The number of carbonyl (C=O) groups is 1. The minimum absolute atomic E-state index is 0.429. The number of rotatable bonds is 6. The quantitative estimate of drug-likeness (QED) is 0.827. The number of para-hydroxylation sites is 1. The molecule has 1 unspecified atom stereocenters. The van der Waals surface area contributed by atoms with E-state index in [1.54, 1.807) is 7.11 Å². The average molecular weight is 288 g/mol. The second-order valence-electron chi connectivity index (χ2n) is 4.27. The summed E-state index contributed by atoms with van der Waals surface area (Å²) in [4.78, 5) is 12.4. The Hall–Kier alpha value is -1.94. The van der Waals surface area contributed by atoms with Crippen molar-refractivity contribution >= 4 is 17.7 Å². The van der Waals surface area contributed by atoms with E-state index in [2.05, 4.69) is 0 Å². The summed E-state index contributed by atoms with van der Waals surface area (Å²) in [5.41, 5.74) is 0.908. The third kappa shape index (κ3) is 3.78. The second-order valence-corrected chi connectivity index (χ2v) is 5.55. The molecule has 1 atom stereocenters. The Morgan fingerprint density at radius 3 is 2.45 bits per heavy atom. The summed E-state index contributed by atoms with van der Waals surface area (Å²) in [6.07, 6.45) is 0.429. The van der Waals surface area contributed by atoms with Gasteiger partial charge in [-0.1, -0.05) is 36.4 Å². The predicted molar refractivity (Wildman–Crippen MR) is 80.4 cm³/mol. The summed E-state index contributed by atoms with van der Waals surface area (Å²) in [6.45, 7) is 0. The molecule has 0 aromatic heterocycles. The van der Waals surface area contributed by atoms with Gasteiger partial charge in [0, 0.05) is 4.90 Å². The second kappa shape index (κ2) is 7.01. The standard InChI is InChI=1S/C16H16O3S/c1-19-14-10-6-5-7-12(14)11-15(16(17)18)20-13-8-3-2-4-9-13/h2-10,15H,11H2,1H3,(H,17,18). The van der Waals surface area contributed by atoms with Gasteiger partial charge in [0.1, 0.15) is 11.0 Å². The number of carboxylic acid groups (broad SMARTS) is 1. The van der Waals surface area contributed by atoms with E-state index in [4.69, 9.17) is 4.74 Å². The largest absolute Gasteiger partial charge is 0.496 e. The summed E-state index contributed by atoms with van der Waals surface area (Å²) in [5.74, 6) is -0.0860. The van der Waals surface area contributed by atoms with Crippen LogP contribution >= 0.6 is 11.8 Å². The van der Waals surface area contributed by atoms with Crippen LogP contribution in [-0.4, -0.2) is 23.4 Å².